The molecule has 11 heteroatoms. The van der Waals surface area contributed by atoms with Gasteiger partial charge in [0.15, 0.2) is 0 Å². The summed E-state index contributed by atoms with van der Waals surface area (Å²) in [5.74, 6) is 10.6. The van der Waals surface area contributed by atoms with Gasteiger partial charge in [-0.25, -0.2) is 0 Å². The number of nitrogens with one attached hydrogen (secondary N) is 3. The molecule has 0 aromatic rings. The lowest BCUT2D eigenvalue weighted by atomic mass is 10.0. The third-order valence-electron chi connectivity index (χ3n) is 9.39. The lowest BCUT2D eigenvalue weighted by molar-refractivity contribution is -0.133. The lowest BCUT2D eigenvalue weighted by Gasteiger charge is -2.25. The minimum atomic E-state index is -0.898. The van der Waals surface area contributed by atoms with Gasteiger partial charge in [-0.3, -0.25) is 19.2 Å². The van der Waals surface area contributed by atoms with Gasteiger partial charge in [-0.05, 0) is 109 Å². The quantitative estimate of drug-likeness (QED) is 0.0334. The Kier molecular flexibility index (Phi) is 35.0. The van der Waals surface area contributed by atoms with Crippen LogP contribution in [0.5, 0.6) is 0 Å². The molecule has 0 rings (SSSR count). The van der Waals surface area contributed by atoms with Gasteiger partial charge in [0.25, 0.3) is 0 Å². The number of rotatable bonds is 35. The van der Waals surface area contributed by atoms with Gasteiger partial charge in [0, 0.05) is 19.3 Å². The summed E-state index contributed by atoms with van der Waals surface area (Å²) in [6.45, 7) is 3.66. The first kappa shape index (κ1) is 49.9. The number of unbranched alkanes of at least 4 members (excludes halogenated alkanes) is 18. The zero-order valence-corrected chi connectivity index (χ0v) is 33.4. The first-order chi connectivity index (χ1) is 25.8. The molecule has 304 valence electrons. The molecule has 0 saturated heterocycles. The Balaban J connectivity index is 4.59. The number of amides is 4. The van der Waals surface area contributed by atoms with Crippen molar-refractivity contribution in [2.45, 2.75) is 198 Å². The van der Waals surface area contributed by atoms with Crippen molar-refractivity contribution in [3.63, 3.8) is 0 Å². The summed E-state index contributed by atoms with van der Waals surface area (Å²) in [4.78, 5) is 51.5. The van der Waals surface area contributed by atoms with Crippen molar-refractivity contribution in [2.75, 3.05) is 19.6 Å². The molecule has 53 heavy (non-hydrogen) atoms. The second-order valence-corrected chi connectivity index (χ2v) is 14.3. The largest absolute Gasteiger partial charge is 0.368 e. The third-order valence-corrected chi connectivity index (χ3v) is 9.39. The van der Waals surface area contributed by atoms with E-state index in [2.05, 4.69) is 46.6 Å². The highest BCUT2D eigenvalue weighted by Gasteiger charge is 2.28. The maximum atomic E-state index is 13.4. The molecule has 0 bridgehead atoms. The van der Waals surface area contributed by atoms with E-state index >= 15 is 0 Å². The first-order valence-corrected chi connectivity index (χ1v) is 21.1. The van der Waals surface area contributed by atoms with Crippen LogP contribution >= 0.6 is 0 Å². The van der Waals surface area contributed by atoms with Crippen molar-refractivity contribution in [2.24, 2.45) is 22.9 Å². The van der Waals surface area contributed by atoms with Crippen LogP contribution in [0.4, 0.5) is 0 Å². The van der Waals surface area contributed by atoms with E-state index < -0.39 is 35.8 Å². The number of carbonyl (C=O) groups is 4. The van der Waals surface area contributed by atoms with E-state index in [1.165, 1.54) is 57.8 Å². The molecule has 11 N–H and O–H groups in total. The molecule has 0 heterocycles. The fourth-order valence-electron chi connectivity index (χ4n) is 6.06. The summed E-state index contributed by atoms with van der Waals surface area (Å²) >= 11 is 0. The van der Waals surface area contributed by atoms with E-state index in [1.807, 2.05) is 0 Å². The first-order valence-electron chi connectivity index (χ1n) is 21.1. The highest BCUT2D eigenvalue weighted by Crippen LogP contribution is 2.12. The average Bonchev–Trinajstić information content (AvgIpc) is 3.14. The second-order valence-electron chi connectivity index (χ2n) is 14.3. The van der Waals surface area contributed by atoms with Gasteiger partial charge in [-0.2, -0.15) is 0 Å². The Morgan fingerprint density at radius 2 is 0.849 bits per heavy atom. The minimum Gasteiger partial charge on any atom is -0.368 e. The Morgan fingerprint density at radius 1 is 0.472 bits per heavy atom. The summed E-state index contributed by atoms with van der Waals surface area (Å²) in [7, 11) is 0. The van der Waals surface area contributed by atoms with Crippen LogP contribution in [0.25, 0.3) is 0 Å². The third kappa shape index (κ3) is 31.0. The topological polar surface area (TPSA) is 208 Å². The maximum Gasteiger partial charge on any atom is 0.243 e. The van der Waals surface area contributed by atoms with Crippen molar-refractivity contribution in [1.82, 2.24) is 16.0 Å². The second kappa shape index (κ2) is 37.2. The maximum absolute atomic E-state index is 13.4. The van der Waals surface area contributed by atoms with Gasteiger partial charge in [0.2, 0.25) is 23.6 Å². The molecule has 0 aliphatic carbocycles. The molecule has 3 atom stereocenters. The van der Waals surface area contributed by atoms with E-state index in [1.54, 1.807) is 0 Å². The van der Waals surface area contributed by atoms with Crippen LogP contribution in [-0.4, -0.2) is 61.4 Å². The Morgan fingerprint density at radius 3 is 1.28 bits per heavy atom. The molecule has 4 amide bonds. The molecule has 0 saturated carbocycles. The van der Waals surface area contributed by atoms with Gasteiger partial charge in [0.1, 0.15) is 18.1 Å². The van der Waals surface area contributed by atoms with E-state index in [9.17, 15) is 19.2 Å². The van der Waals surface area contributed by atoms with Gasteiger partial charge < -0.3 is 38.9 Å². The standard InChI is InChI=1S/C42H77N7O4/c1-2-3-4-5-6-7-8-9-10-11-12-13-14-15-16-17-18-19-20-21-22-32-39(50)47-37(30-24-27-34-44)41(52)49-38(31-25-28-35-45)42(53)48-36(40(46)51)29-23-26-33-43/h36-38H,2-12,17-35,43-45H2,1H3,(H2,46,51)(H,47,50)(H,48,53)(H,49,52)/t36-,37-,38-/m0/s1. The lowest BCUT2D eigenvalue weighted by Crippen LogP contribution is -2.56. The van der Waals surface area contributed by atoms with Crippen LogP contribution < -0.4 is 38.9 Å². The number of primary amides is 1. The van der Waals surface area contributed by atoms with Crippen LogP contribution in [0.15, 0.2) is 0 Å². The summed E-state index contributed by atoms with van der Waals surface area (Å²) < 4.78 is 0. The molecule has 0 aliphatic heterocycles. The molecule has 0 spiro atoms. The van der Waals surface area contributed by atoms with Crippen molar-refractivity contribution in [1.29, 1.82) is 0 Å². The van der Waals surface area contributed by atoms with Crippen LogP contribution in [0.2, 0.25) is 0 Å². The fraction of sp³-hybridized carbons (Fsp3) is 0.810. The highest BCUT2D eigenvalue weighted by molar-refractivity contribution is 5.94. The van der Waals surface area contributed by atoms with Gasteiger partial charge in [-0.1, -0.05) is 95.8 Å². The molecule has 11 nitrogen and oxygen atoms in total. The molecule has 0 unspecified atom stereocenters. The monoisotopic (exact) mass is 744 g/mol. The van der Waals surface area contributed by atoms with Crippen molar-refractivity contribution < 1.29 is 19.2 Å². The predicted molar refractivity (Wildman–Crippen MR) is 218 cm³/mol. The van der Waals surface area contributed by atoms with Crippen LogP contribution in [0.1, 0.15) is 180 Å². The summed E-state index contributed by atoms with van der Waals surface area (Å²) in [6.07, 6.45) is 25.2. The van der Waals surface area contributed by atoms with E-state index in [0.29, 0.717) is 83.8 Å². The van der Waals surface area contributed by atoms with Gasteiger partial charge in [0.05, 0.1) is 0 Å². The minimum absolute atomic E-state index is 0.196. The van der Waals surface area contributed by atoms with E-state index in [0.717, 1.165) is 51.4 Å². The Bertz CT molecular complexity index is 1080. The van der Waals surface area contributed by atoms with Crippen LogP contribution in [-0.2, 0) is 19.2 Å². The summed E-state index contributed by atoms with van der Waals surface area (Å²) in [6, 6.07) is -2.56. The van der Waals surface area contributed by atoms with Crippen LogP contribution in [0.3, 0.4) is 0 Å². The number of carbonyl (C=O) groups excluding carboxylic acids is 4. The SMILES string of the molecule is CCCCCCCCCCCCC#CC#CCCCCCCCC(=O)N[C@@H](CCCCN)C(=O)N[C@@H](CCCCN)C(=O)N[C@@H](CCCCN)C(N)=O. The predicted octanol–water partition coefficient (Wildman–Crippen LogP) is 5.36. The number of hydrogen-bond acceptors (Lipinski definition) is 7. The number of nitrogens with two attached hydrogens (primary N) is 4. The molecule has 0 fully saturated rings. The molecular weight excluding hydrogens is 667 g/mol. The Hall–Kier alpha value is -3.12. The molecule has 0 radical (unpaired) electrons. The fourth-order valence-corrected chi connectivity index (χ4v) is 6.06. The van der Waals surface area contributed by atoms with E-state index in [4.69, 9.17) is 22.9 Å². The molecule has 0 aromatic heterocycles. The van der Waals surface area contributed by atoms with Crippen LogP contribution in [0, 0.1) is 23.7 Å². The number of hydrogen-bond donors (Lipinski definition) is 7. The summed E-state index contributed by atoms with van der Waals surface area (Å²) in [5, 5.41) is 8.41. The van der Waals surface area contributed by atoms with Gasteiger partial charge in [-0.15, -0.1) is 0 Å². The molecule has 0 aliphatic rings. The Labute approximate surface area is 322 Å². The van der Waals surface area contributed by atoms with Crippen molar-refractivity contribution >= 4 is 23.6 Å². The van der Waals surface area contributed by atoms with Crippen molar-refractivity contribution in [3.05, 3.63) is 0 Å². The normalized spacial score (nSPS) is 12.4. The molecule has 0 aromatic carbocycles. The smallest absolute Gasteiger partial charge is 0.243 e. The average molecular weight is 744 g/mol. The molecular formula is C42H77N7O4. The van der Waals surface area contributed by atoms with E-state index in [-0.39, 0.29) is 5.91 Å². The van der Waals surface area contributed by atoms with Crippen molar-refractivity contribution in [3.8, 4) is 23.7 Å². The zero-order chi connectivity index (χ0) is 39.2. The zero-order valence-electron chi connectivity index (χ0n) is 33.4. The van der Waals surface area contributed by atoms with Gasteiger partial charge >= 0.3 is 0 Å². The summed E-state index contributed by atoms with van der Waals surface area (Å²) in [5.41, 5.74) is 22.4. The highest BCUT2D eigenvalue weighted by atomic mass is 16.2.